The first-order chi connectivity index (χ1) is 12.8. The first-order valence-electron chi connectivity index (χ1n) is 8.02. The first-order valence-corrected chi connectivity index (χ1v) is 8.02. The molecule has 3 rings (SSSR count). The van der Waals surface area contributed by atoms with Gasteiger partial charge in [0.2, 0.25) is 5.91 Å². The van der Waals surface area contributed by atoms with Crippen molar-refractivity contribution in [1.29, 1.82) is 0 Å². The largest absolute Gasteiger partial charge is 0.416 e. The summed E-state index contributed by atoms with van der Waals surface area (Å²) in [5.74, 6) is -0.339. The Kier molecular flexibility index (Phi) is 4.85. The van der Waals surface area contributed by atoms with Gasteiger partial charge in [-0.2, -0.15) is 13.2 Å². The number of alkyl halides is 3. The Balaban J connectivity index is 1.91. The minimum absolute atomic E-state index is 0.339. The number of benzene rings is 1. The maximum atomic E-state index is 12.6. The lowest BCUT2D eigenvalue weighted by Gasteiger charge is -2.05. The molecule has 1 N–H and O–H groups in total. The molecular weight excluding hydrogens is 355 g/mol. The third kappa shape index (κ3) is 4.08. The monoisotopic (exact) mass is 371 g/mol. The summed E-state index contributed by atoms with van der Waals surface area (Å²) in [4.78, 5) is 15.8. The van der Waals surface area contributed by atoms with E-state index in [0.717, 1.165) is 28.7 Å². The zero-order valence-corrected chi connectivity index (χ0v) is 14.4. The van der Waals surface area contributed by atoms with E-state index in [1.165, 1.54) is 18.2 Å². The van der Waals surface area contributed by atoms with E-state index >= 15 is 0 Å². The van der Waals surface area contributed by atoms with Crippen molar-refractivity contribution >= 4 is 34.8 Å². The Bertz CT molecular complexity index is 1030. The predicted molar refractivity (Wildman–Crippen MR) is 99.9 cm³/mol. The zero-order chi connectivity index (χ0) is 19.6. The second-order valence-electron chi connectivity index (χ2n) is 5.94. The average molecular weight is 371 g/mol. The molecule has 1 aromatic carbocycles. The minimum atomic E-state index is -4.35. The third-order valence-electron chi connectivity index (χ3n) is 3.99. The summed E-state index contributed by atoms with van der Waals surface area (Å²) in [6, 6.07) is 6.72. The van der Waals surface area contributed by atoms with Crippen LogP contribution in [-0.2, 0) is 18.0 Å². The number of nitrogens with zero attached hydrogens (tertiary/aromatic N) is 2. The molecule has 27 heavy (non-hydrogen) atoms. The van der Waals surface area contributed by atoms with Gasteiger partial charge in [-0.05, 0) is 29.8 Å². The summed E-state index contributed by atoms with van der Waals surface area (Å²) < 4.78 is 39.7. The highest BCUT2D eigenvalue weighted by Crippen LogP contribution is 2.29. The van der Waals surface area contributed by atoms with Crippen LogP contribution in [0.15, 0.2) is 55.4 Å². The molecule has 0 aliphatic rings. The number of hydrogen-bond acceptors (Lipinski definition) is 2. The van der Waals surface area contributed by atoms with Crippen LogP contribution in [0, 0.1) is 0 Å². The van der Waals surface area contributed by atoms with E-state index in [1.807, 2.05) is 17.8 Å². The Morgan fingerprint density at radius 2 is 1.93 bits per heavy atom. The van der Waals surface area contributed by atoms with Crippen molar-refractivity contribution in [1.82, 2.24) is 9.55 Å². The van der Waals surface area contributed by atoms with Crippen LogP contribution in [0.25, 0.3) is 23.2 Å². The Morgan fingerprint density at radius 3 is 2.56 bits per heavy atom. The summed E-state index contributed by atoms with van der Waals surface area (Å²) in [6.07, 6.45) is 3.75. The van der Waals surface area contributed by atoms with Gasteiger partial charge >= 0.3 is 6.18 Å². The standard InChI is InChI=1S/C20H16F3N3O/c1-3-18(27)25-16-10-17-14(12-26(2)19(17)24-11-16)7-4-13-5-8-15(9-6-13)20(21,22)23/h3-12H,1H2,2H3,(H,25,27)/b7-4+. The number of carbonyl (C=O) groups excluding carboxylic acids is 1. The van der Waals surface area contributed by atoms with E-state index in [0.29, 0.717) is 11.3 Å². The van der Waals surface area contributed by atoms with Crippen LogP contribution in [0.2, 0.25) is 0 Å². The molecule has 0 atom stereocenters. The van der Waals surface area contributed by atoms with Crippen LogP contribution >= 0.6 is 0 Å². The van der Waals surface area contributed by atoms with Gasteiger partial charge in [-0.15, -0.1) is 0 Å². The molecule has 138 valence electrons. The van der Waals surface area contributed by atoms with Gasteiger partial charge in [0, 0.05) is 24.2 Å². The van der Waals surface area contributed by atoms with Gasteiger partial charge in [-0.3, -0.25) is 4.79 Å². The molecule has 0 radical (unpaired) electrons. The SMILES string of the molecule is C=CC(=O)Nc1cnc2c(c1)c(/C=C/c1ccc(C(F)(F)F)cc1)cn2C. The highest BCUT2D eigenvalue weighted by Gasteiger charge is 2.29. The van der Waals surface area contributed by atoms with Crippen LogP contribution < -0.4 is 5.32 Å². The van der Waals surface area contributed by atoms with Crippen molar-refractivity contribution in [2.75, 3.05) is 5.32 Å². The molecule has 7 heteroatoms. The van der Waals surface area contributed by atoms with Crippen molar-refractivity contribution < 1.29 is 18.0 Å². The minimum Gasteiger partial charge on any atom is -0.335 e. The number of halogens is 3. The van der Waals surface area contributed by atoms with E-state index in [9.17, 15) is 18.0 Å². The van der Waals surface area contributed by atoms with Crippen molar-refractivity contribution in [2.24, 2.45) is 7.05 Å². The number of aryl methyl sites for hydroxylation is 1. The molecule has 0 saturated heterocycles. The number of pyridine rings is 1. The van der Waals surface area contributed by atoms with Crippen LogP contribution in [-0.4, -0.2) is 15.5 Å². The molecule has 0 fully saturated rings. The van der Waals surface area contributed by atoms with Crippen LogP contribution in [0.3, 0.4) is 0 Å². The molecule has 0 aliphatic heterocycles. The van der Waals surface area contributed by atoms with Crippen molar-refractivity contribution in [3.8, 4) is 0 Å². The smallest absolute Gasteiger partial charge is 0.335 e. The number of carbonyl (C=O) groups is 1. The summed E-state index contributed by atoms with van der Waals surface area (Å²) in [6.45, 7) is 3.41. The van der Waals surface area contributed by atoms with Crippen LogP contribution in [0.1, 0.15) is 16.7 Å². The summed E-state index contributed by atoms with van der Waals surface area (Å²) >= 11 is 0. The summed E-state index contributed by atoms with van der Waals surface area (Å²) in [5.41, 5.74) is 2.04. The number of amides is 1. The van der Waals surface area contributed by atoms with Crippen molar-refractivity contribution in [2.45, 2.75) is 6.18 Å². The fourth-order valence-corrected chi connectivity index (χ4v) is 2.65. The number of nitrogens with one attached hydrogen (secondary N) is 1. The van der Waals surface area contributed by atoms with Gasteiger partial charge in [0.15, 0.2) is 0 Å². The van der Waals surface area contributed by atoms with E-state index < -0.39 is 11.7 Å². The molecule has 4 nitrogen and oxygen atoms in total. The lowest BCUT2D eigenvalue weighted by molar-refractivity contribution is -0.137. The fourth-order valence-electron chi connectivity index (χ4n) is 2.65. The second-order valence-corrected chi connectivity index (χ2v) is 5.94. The van der Waals surface area contributed by atoms with Crippen molar-refractivity contribution in [3.05, 3.63) is 72.1 Å². The van der Waals surface area contributed by atoms with Gasteiger partial charge in [-0.1, -0.05) is 30.9 Å². The molecule has 0 saturated carbocycles. The lowest BCUT2D eigenvalue weighted by Crippen LogP contribution is -2.07. The van der Waals surface area contributed by atoms with Crippen LogP contribution in [0.5, 0.6) is 0 Å². The molecule has 0 unspecified atom stereocenters. The highest BCUT2D eigenvalue weighted by molar-refractivity contribution is 6.00. The Hall–Kier alpha value is -3.35. The average Bonchev–Trinajstić information content (AvgIpc) is 2.95. The van der Waals surface area contributed by atoms with E-state index in [-0.39, 0.29) is 5.91 Å². The van der Waals surface area contributed by atoms with E-state index in [1.54, 1.807) is 24.4 Å². The van der Waals surface area contributed by atoms with Crippen molar-refractivity contribution in [3.63, 3.8) is 0 Å². The fraction of sp³-hybridized carbons (Fsp3) is 0.100. The predicted octanol–water partition coefficient (Wildman–Crippen LogP) is 4.89. The number of anilines is 1. The van der Waals surface area contributed by atoms with Crippen LogP contribution in [0.4, 0.5) is 18.9 Å². The molecule has 2 aromatic heterocycles. The molecule has 3 aromatic rings. The van der Waals surface area contributed by atoms with Gasteiger partial charge < -0.3 is 9.88 Å². The molecule has 0 bridgehead atoms. The lowest BCUT2D eigenvalue weighted by atomic mass is 10.1. The number of fused-ring (bicyclic) bond motifs is 1. The molecular formula is C20H16F3N3O. The topological polar surface area (TPSA) is 46.9 Å². The Morgan fingerprint density at radius 1 is 1.22 bits per heavy atom. The second kappa shape index (κ2) is 7.11. The normalized spacial score (nSPS) is 11.9. The van der Waals surface area contributed by atoms with Gasteiger partial charge in [0.25, 0.3) is 0 Å². The first kappa shape index (κ1) is 18.4. The van der Waals surface area contributed by atoms with E-state index in [2.05, 4.69) is 16.9 Å². The quantitative estimate of drug-likeness (QED) is 0.664. The Labute approximate surface area is 153 Å². The summed E-state index contributed by atoms with van der Waals surface area (Å²) in [7, 11) is 1.84. The van der Waals surface area contributed by atoms with Gasteiger partial charge in [-0.25, -0.2) is 4.98 Å². The number of aromatic nitrogens is 2. The molecule has 0 spiro atoms. The van der Waals surface area contributed by atoms with E-state index in [4.69, 9.17) is 0 Å². The third-order valence-corrected chi connectivity index (χ3v) is 3.99. The molecule has 2 heterocycles. The maximum absolute atomic E-state index is 12.6. The summed E-state index contributed by atoms with van der Waals surface area (Å²) in [5, 5.41) is 3.46. The maximum Gasteiger partial charge on any atom is 0.416 e. The molecule has 0 aliphatic carbocycles. The number of rotatable bonds is 4. The van der Waals surface area contributed by atoms with Gasteiger partial charge in [0.05, 0.1) is 17.4 Å². The highest BCUT2D eigenvalue weighted by atomic mass is 19.4. The van der Waals surface area contributed by atoms with Gasteiger partial charge in [0.1, 0.15) is 5.65 Å². The molecule has 1 amide bonds. The zero-order valence-electron chi connectivity index (χ0n) is 14.4. The number of hydrogen-bond donors (Lipinski definition) is 1.